The number of rotatable bonds is 0. The van der Waals surface area contributed by atoms with Crippen LogP contribution in [0, 0.1) is 29.1 Å². The van der Waals surface area contributed by atoms with Crippen LogP contribution in [-0.4, -0.2) is 11.6 Å². The first-order valence-corrected chi connectivity index (χ1v) is 8.98. The molecule has 0 bridgehead atoms. The highest BCUT2D eigenvalue weighted by molar-refractivity contribution is 5.99. The summed E-state index contributed by atoms with van der Waals surface area (Å²) in [4.78, 5) is 24.2. The molecule has 0 aromatic heterocycles. The molecule has 0 aromatic carbocycles. The van der Waals surface area contributed by atoms with Crippen molar-refractivity contribution in [2.24, 2.45) is 29.1 Å². The van der Waals surface area contributed by atoms with Gasteiger partial charge >= 0.3 is 0 Å². The van der Waals surface area contributed by atoms with Crippen molar-refractivity contribution in [3.8, 4) is 0 Å². The largest absolute Gasteiger partial charge is 0.295 e. The van der Waals surface area contributed by atoms with Crippen molar-refractivity contribution < 1.29 is 9.59 Å². The first-order chi connectivity index (χ1) is 10.5. The molecule has 2 heteroatoms. The maximum atomic E-state index is 12.5. The lowest BCUT2D eigenvalue weighted by Gasteiger charge is -2.52. The highest BCUT2D eigenvalue weighted by Gasteiger charge is 2.56. The molecule has 3 fully saturated rings. The predicted molar refractivity (Wildman–Crippen MR) is 86.2 cm³/mol. The zero-order chi connectivity index (χ0) is 15.5. The molecule has 0 N–H and O–H groups in total. The van der Waals surface area contributed by atoms with Crippen LogP contribution in [0.5, 0.6) is 0 Å². The molecule has 118 valence electrons. The lowest BCUT2D eigenvalue weighted by Crippen LogP contribution is -2.45. The summed E-state index contributed by atoms with van der Waals surface area (Å²) in [5.41, 5.74) is 2.66. The van der Waals surface area contributed by atoms with Crippen LogP contribution in [0.1, 0.15) is 58.8 Å². The van der Waals surface area contributed by atoms with E-state index in [1.54, 1.807) is 0 Å². The summed E-state index contributed by atoms with van der Waals surface area (Å²) >= 11 is 0. The molecule has 3 saturated carbocycles. The van der Waals surface area contributed by atoms with Crippen LogP contribution in [0.2, 0.25) is 0 Å². The van der Waals surface area contributed by atoms with Crippen molar-refractivity contribution in [2.45, 2.75) is 58.8 Å². The van der Waals surface area contributed by atoms with Crippen molar-refractivity contribution in [3.63, 3.8) is 0 Å². The molecular weight excluding hydrogens is 272 g/mol. The van der Waals surface area contributed by atoms with E-state index in [0.717, 1.165) is 43.6 Å². The number of ketones is 2. The SMILES string of the molecule is C/C=C1\C(=O)CC2C3CCC4=CC(=O)CCC4C3CC[C@]12C. The van der Waals surface area contributed by atoms with Crippen molar-refractivity contribution in [2.75, 3.05) is 0 Å². The van der Waals surface area contributed by atoms with Crippen molar-refractivity contribution in [1.82, 2.24) is 0 Å². The third-order valence-electron chi connectivity index (χ3n) is 7.30. The van der Waals surface area contributed by atoms with E-state index >= 15 is 0 Å². The monoisotopic (exact) mass is 298 g/mol. The molecule has 4 rings (SSSR count). The summed E-state index contributed by atoms with van der Waals surface area (Å²) in [5.74, 6) is 3.31. The van der Waals surface area contributed by atoms with E-state index in [9.17, 15) is 9.59 Å². The molecule has 4 aliphatic rings. The van der Waals surface area contributed by atoms with Gasteiger partial charge in [-0.05, 0) is 79.8 Å². The second kappa shape index (κ2) is 4.91. The van der Waals surface area contributed by atoms with Crippen LogP contribution in [0.25, 0.3) is 0 Å². The molecule has 4 aliphatic carbocycles. The summed E-state index contributed by atoms with van der Waals surface area (Å²) in [5, 5.41) is 0. The molecular formula is C20H26O2. The van der Waals surface area contributed by atoms with E-state index < -0.39 is 0 Å². The summed E-state index contributed by atoms with van der Waals surface area (Å²) in [6, 6.07) is 0. The Kier molecular flexibility index (Phi) is 3.22. The highest BCUT2D eigenvalue weighted by atomic mass is 16.1. The number of carbonyl (C=O) groups excluding carboxylic acids is 2. The third kappa shape index (κ3) is 1.85. The average Bonchev–Trinajstić information content (AvgIpc) is 2.76. The molecule has 0 aliphatic heterocycles. The fraction of sp³-hybridized carbons (Fsp3) is 0.700. The zero-order valence-corrected chi connectivity index (χ0v) is 13.7. The van der Waals surface area contributed by atoms with Crippen molar-refractivity contribution >= 4 is 11.6 Å². The lowest BCUT2D eigenvalue weighted by atomic mass is 9.52. The predicted octanol–water partition coefficient (Wildman–Crippen LogP) is 4.25. The van der Waals surface area contributed by atoms with Crippen molar-refractivity contribution in [1.29, 1.82) is 0 Å². The summed E-state index contributed by atoms with van der Waals surface area (Å²) < 4.78 is 0. The summed E-state index contributed by atoms with van der Waals surface area (Å²) in [6.45, 7) is 4.37. The van der Waals surface area contributed by atoms with Gasteiger partial charge in [-0.25, -0.2) is 0 Å². The molecule has 2 nitrogen and oxygen atoms in total. The first-order valence-electron chi connectivity index (χ1n) is 8.98. The number of carbonyl (C=O) groups is 2. The minimum absolute atomic E-state index is 0.124. The Morgan fingerprint density at radius 1 is 1.14 bits per heavy atom. The van der Waals surface area contributed by atoms with Crippen LogP contribution in [0.15, 0.2) is 23.3 Å². The minimum atomic E-state index is 0.124. The van der Waals surface area contributed by atoms with Gasteiger partial charge in [-0.15, -0.1) is 0 Å². The Morgan fingerprint density at radius 2 is 1.95 bits per heavy atom. The quantitative estimate of drug-likeness (QED) is 0.626. The first kappa shape index (κ1) is 14.4. The molecule has 22 heavy (non-hydrogen) atoms. The maximum absolute atomic E-state index is 12.5. The average molecular weight is 298 g/mol. The van der Waals surface area contributed by atoms with E-state index in [0.29, 0.717) is 29.3 Å². The maximum Gasteiger partial charge on any atom is 0.159 e. The summed E-state index contributed by atoms with van der Waals surface area (Å²) in [7, 11) is 0. The number of fused-ring (bicyclic) bond motifs is 5. The van der Waals surface area contributed by atoms with E-state index in [4.69, 9.17) is 0 Å². The molecule has 0 spiro atoms. The smallest absolute Gasteiger partial charge is 0.159 e. The standard InChI is InChI=1S/C20H26O2/c1-3-17-19(22)11-18-16-6-4-12-10-13(21)5-7-14(12)15(16)8-9-20(17,18)2/h3,10,14-16,18H,4-9,11H2,1-2H3/b17-3+/t14?,15?,16?,18?,20-/m1/s1. The Balaban J connectivity index is 1.67. The molecule has 4 unspecified atom stereocenters. The van der Waals surface area contributed by atoms with Gasteiger partial charge < -0.3 is 0 Å². The van der Waals surface area contributed by atoms with Gasteiger partial charge in [-0.2, -0.15) is 0 Å². The van der Waals surface area contributed by atoms with Crippen LogP contribution in [-0.2, 0) is 9.59 Å². The van der Waals surface area contributed by atoms with Crippen LogP contribution < -0.4 is 0 Å². The van der Waals surface area contributed by atoms with Gasteiger partial charge in [0.05, 0.1) is 0 Å². The molecule has 5 atom stereocenters. The Morgan fingerprint density at radius 3 is 2.73 bits per heavy atom. The summed E-state index contributed by atoms with van der Waals surface area (Å²) in [6.07, 6.45) is 11.3. The van der Waals surface area contributed by atoms with E-state index in [1.165, 1.54) is 18.4 Å². The molecule has 0 radical (unpaired) electrons. The van der Waals surface area contributed by atoms with E-state index in [2.05, 4.69) is 13.0 Å². The number of hydrogen-bond acceptors (Lipinski definition) is 2. The third-order valence-corrected chi connectivity index (χ3v) is 7.30. The molecule has 0 heterocycles. The number of Topliss-reactive ketones (excluding diaryl/α,β-unsaturated/α-hetero) is 1. The molecule has 0 amide bonds. The molecule has 0 aromatic rings. The van der Waals surface area contributed by atoms with Gasteiger partial charge in [0.15, 0.2) is 11.6 Å². The van der Waals surface area contributed by atoms with Gasteiger partial charge in [-0.3, -0.25) is 9.59 Å². The minimum Gasteiger partial charge on any atom is -0.295 e. The fourth-order valence-corrected chi connectivity index (χ4v) is 6.33. The van der Waals surface area contributed by atoms with Crippen molar-refractivity contribution in [3.05, 3.63) is 23.3 Å². The van der Waals surface area contributed by atoms with Gasteiger partial charge in [0.25, 0.3) is 0 Å². The van der Waals surface area contributed by atoms with Crippen LogP contribution >= 0.6 is 0 Å². The fourth-order valence-electron chi connectivity index (χ4n) is 6.33. The van der Waals surface area contributed by atoms with E-state index in [1.807, 2.05) is 13.0 Å². The van der Waals surface area contributed by atoms with Crippen LogP contribution in [0.3, 0.4) is 0 Å². The Hall–Kier alpha value is -1.18. The Bertz CT molecular complexity index is 597. The lowest BCUT2D eigenvalue weighted by molar-refractivity contribution is -0.116. The second-order valence-electron chi connectivity index (χ2n) is 8.09. The van der Waals surface area contributed by atoms with E-state index in [-0.39, 0.29) is 5.41 Å². The van der Waals surface area contributed by atoms with Crippen LogP contribution in [0.4, 0.5) is 0 Å². The normalized spacial score (nSPS) is 46.1. The van der Waals surface area contributed by atoms with Gasteiger partial charge in [0, 0.05) is 12.8 Å². The number of allylic oxidation sites excluding steroid dienone is 3. The number of hydrogen-bond donors (Lipinski definition) is 0. The molecule has 0 saturated heterocycles. The second-order valence-corrected chi connectivity index (χ2v) is 8.09. The topological polar surface area (TPSA) is 34.1 Å². The highest BCUT2D eigenvalue weighted by Crippen LogP contribution is 2.62. The van der Waals surface area contributed by atoms with Gasteiger partial charge in [-0.1, -0.05) is 18.6 Å². The Labute approximate surface area is 133 Å². The van der Waals surface area contributed by atoms with Gasteiger partial charge in [0.1, 0.15) is 0 Å². The van der Waals surface area contributed by atoms with Gasteiger partial charge in [0.2, 0.25) is 0 Å². The zero-order valence-electron chi connectivity index (χ0n) is 13.7.